The molecule has 90 valence electrons. The number of aryl methyl sites for hydroxylation is 1. The average Bonchev–Trinajstić information content (AvgIpc) is 2.60. The lowest BCUT2D eigenvalue weighted by Gasteiger charge is -2.12. The maximum atomic E-state index is 11.4. The lowest BCUT2D eigenvalue weighted by atomic mass is 10.2. The highest BCUT2D eigenvalue weighted by molar-refractivity contribution is 6.06. The Morgan fingerprint density at radius 1 is 1.41 bits per heavy atom. The van der Waals surface area contributed by atoms with Gasteiger partial charge in [-0.25, -0.2) is 0 Å². The summed E-state index contributed by atoms with van der Waals surface area (Å²) in [5.41, 5.74) is 0.561. The van der Waals surface area contributed by atoms with E-state index in [0.29, 0.717) is 12.2 Å². The molecule has 0 radical (unpaired) electrons. The van der Waals surface area contributed by atoms with Crippen molar-refractivity contribution >= 4 is 17.5 Å². The minimum atomic E-state index is -0.551. The van der Waals surface area contributed by atoms with Crippen LogP contribution in [0.15, 0.2) is 23.1 Å². The van der Waals surface area contributed by atoms with E-state index in [2.05, 4.69) is 10.6 Å². The van der Waals surface area contributed by atoms with E-state index >= 15 is 0 Å². The summed E-state index contributed by atoms with van der Waals surface area (Å²) < 4.78 is 1.52. The van der Waals surface area contributed by atoms with Gasteiger partial charge in [0, 0.05) is 18.8 Å². The number of carbonyl (C=O) groups excluding carboxylic acids is 2. The molecular weight excluding hydrogens is 222 g/mol. The lowest BCUT2D eigenvalue weighted by molar-refractivity contribution is -0.124. The summed E-state index contributed by atoms with van der Waals surface area (Å²) in [4.78, 5) is 33.7. The van der Waals surface area contributed by atoms with Crippen LogP contribution in [0.25, 0.3) is 0 Å². The van der Waals surface area contributed by atoms with Gasteiger partial charge in [-0.1, -0.05) is 0 Å². The van der Waals surface area contributed by atoms with Crippen LogP contribution < -0.4 is 16.2 Å². The molecule has 1 atom stereocenters. The molecule has 1 aromatic heterocycles. The fraction of sp³-hybridized carbons (Fsp3) is 0.364. The molecule has 0 saturated carbocycles. The van der Waals surface area contributed by atoms with Gasteiger partial charge in [0.05, 0.1) is 12.1 Å². The van der Waals surface area contributed by atoms with Gasteiger partial charge < -0.3 is 9.88 Å². The minimum Gasteiger partial charge on any atom is -0.372 e. The van der Waals surface area contributed by atoms with Gasteiger partial charge in [-0.15, -0.1) is 0 Å². The van der Waals surface area contributed by atoms with Gasteiger partial charge in [-0.05, 0) is 13.0 Å². The van der Waals surface area contributed by atoms with Crippen LogP contribution in [0.3, 0.4) is 0 Å². The Kier molecular flexibility index (Phi) is 2.95. The van der Waals surface area contributed by atoms with Crippen molar-refractivity contribution < 1.29 is 9.59 Å². The van der Waals surface area contributed by atoms with Crippen molar-refractivity contribution in [2.75, 3.05) is 5.32 Å². The van der Waals surface area contributed by atoms with Crippen LogP contribution in [0.4, 0.5) is 5.69 Å². The summed E-state index contributed by atoms with van der Waals surface area (Å²) >= 11 is 0. The predicted octanol–water partition coefficient (Wildman–Crippen LogP) is -0.305. The zero-order chi connectivity index (χ0) is 12.4. The highest BCUT2D eigenvalue weighted by Gasteiger charge is 2.30. The summed E-state index contributed by atoms with van der Waals surface area (Å²) in [6, 6.07) is 2.48. The number of hydrogen-bond donors (Lipinski definition) is 2. The number of hydrogen-bond acceptors (Lipinski definition) is 4. The van der Waals surface area contributed by atoms with Crippen molar-refractivity contribution in [3.05, 3.63) is 28.7 Å². The Balaban J connectivity index is 2.16. The van der Waals surface area contributed by atoms with Crippen LogP contribution in [0.2, 0.25) is 0 Å². The van der Waals surface area contributed by atoms with Crippen LogP contribution in [0.1, 0.15) is 13.3 Å². The molecule has 0 aliphatic carbocycles. The number of imide groups is 1. The van der Waals surface area contributed by atoms with Crippen LogP contribution >= 0.6 is 0 Å². The summed E-state index contributed by atoms with van der Waals surface area (Å²) in [5.74, 6) is -0.611. The van der Waals surface area contributed by atoms with Crippen molar-refractivity contribution in [2.45, 2.75) is 25.9 Å². The molecule has 0 spiro atoms. The van der Waals surface area contributed by atoms with Crippen LogP contribution in [-0.4, -0.2) is 22.4 Å². The zero-order valence-electron chi connectivity index (χ0n) is 9.40. The summed E-state index contributed by atoms with van der Waals surface area (Å²) in [6.07, 6.45) is 1.77. The molecule has 1 aliphatic rings. The topological polar surface area (TPSA) is 80.2 Å². The number of nitrogens with one attached hydrogen (secondary N) is 2. The molecule has 1 aromatic rings. The molecule has 1 fully saturated rings. The van der Waals surface area contributed by atoms with Gasteiger partial charge in [0.15, 0.2) is 0 Å². The highest BCUT2D eigenvalue weighted by Crippen LogP contribution is 2.11. The lowest BCUT2D eigenvalue weighted by Crippen LogP contribution is -2.30. The minimum absolute atomic E-state index is 0.0926. The fourth-order valence-electron chi connectivity index (χ4n) is 1.74. The third-order valence-electron chi connectivity index (χ3n) is 2.63. The maximum absolute atomic E-state index is 11.4. The highest BCUT2D eigenvalue weighted by atomic mass is 16.2. The van der Waals surface area contributed by atoms with E-state index in [1.807, 2.05) is 6.92 Å². The van der Waals surface area contributed by atoms with Gasteiger partial charge in [-0.3, -0.25) is 19.7 Å². The first kappa shape index (κ1) is 11.4. The molecule has 2 rings (SSSR count). The Hall–Kier alpha value is -2.11. The first-order chi connectivity index (χ1) is 8.10. The standard InChI is InChI=1S/C11H13N3O3/c1-2-14-6-7(3-4-10(14)16)12-8-5-9(15)13-11(8)17/h3-4,6,8,12H,2,5H2,1H3,(H,13,15,17). The summed E-state index contributed by atoms with van der Waals surface area (Å²) in [6.45, 7) is 2.42. The number of pyridine rings is 1. The van der Waals surface area contributed by atoms with Crippen molar-refractivity contribution in [3.63, 3.8) is 0 Å². The first-order valence-corrected chi connectivity index (χ1v) is 5.41. The SMILES string of the molecule is CCn1cc(NC2CC(=O)NC2=O)ccc1=O. The molecule has 2 heterocycles. The molecule has 2 N–H and O–H groups in total. The number of anilines is 1. The number of nitrogens with zero attached hydrogens (tertiary/aromatic N) is 1. The Bertz CT molecular complexity index is 521. The summed E-state index contributed by atoms with van der Waals surface area (Å²) in [7, 11) is 0. The van der Waals surface area contributed by atoms with E-state index in [0.717, 1.165) is 0 Å². The second kappa shape index (κ2) is 4.40. The first-order valence-electron chi connectivity index (χ1n) is 5.41. The van der Waals surface area contributed by atoms with Crippen molar-refractivity contribution in [3.8, 4) is 0 Å². The molecule has 1 saturated heterocycles. The quantitative estimate of drug-likeness (QED) is 0.705. The molecular formula is C11H13N3O3. The Labute approximate surface area is 97.6 Å². The number of amides is 2. The molecule has 0 aromatic carbocycles. The van der Waals surface area contributed by atoms with Gasteiger partial charge >= 0.3 is 0 Å². The van der Waals surface area contributed by atoms with Crippen LogP contribution in [0.5, 0.6) is 0 Å². The van der Waals surface area contributed by atoms with E-state index in [-0.39, 0.29) is 23.8 Å². The van der Waals surface area contributed by atoms with E-state index in [1.165, 1.54) is 10.6 Å². The number of carbonyl (C=O) groups is 2. The summed E-state index contributed by atoms with van der Waals surface area (Å²) in [5, 5.41) is 5.15. The molecule has 0 bridgehead atoms. The normalized spacial score (nSPS) is 19.2. The van der Waals surface area contributed by atoms with Crippen molar-refractivity contribution in [1.29, 1.82) is 0 Å². The second-order valence-corrected chi connectivity index (χ2v) is 3.86. The van der Waals surface area contributed by atoms with Gasteiger partial charge in [0.25, 0.3) is 5.56 Å². The number of aromatic nitrogens is 1. The maximum Gasteiger partial charge on any atom is 0.250 e. The average molecular weight is 235 g/mol. The van der Waals surface area contributed by atoms with E-state index in [9.17, 15) is 14.4 Å². The number of rotatable bonds is 3. The molecule has 2 amide bonds. The van der Waals surface area contributed by atoms with E-state index < -0.39 is 6.04 Å². The monoisotopic (exact) mass is 235 g/mol. The largest absolute Gasteiger partial charge is 0.372 e. The van der Waals surface area contributed by atoms with Crippen molar-refractivity contribution in [1.82, 2.24) is 9.88 Å². The fourth-order valence-corrected chi connectivity index (χ4v) is 1.74. The molecule has 1 unspecified atom stereocenters. The van der Waals surface area contributed by atoms with Gasteiger partial charge in [-0.2, -0.15) is 0 Å². The second-order valence-electron chi connectivity index (χ2n) is 3.86. The Morgan fingerprint density at radius 3 is 2.76 bits per heavy atom. The van der Waals surface area contributed by atoms with E-state index in [4.69, 9.17) is 0 Å². The third kappa shape index (κ3) is 2.35. The van der Waals surface area contributed by atoms with Gasteiger partial charge in [0.2, 0.25) is 11.8 Å². The molecule has 6 nitrogen and oxygen atoms in total. The molecule has 17 heavy (non-hydrogen) atoms. The molecule has 6 heteroatoms. The predicted molar refractivity (Wildman–Crippen MR) is 61.6 cm³/mol. The van der Waals surface area contributed by atoms with Gasteiger partial charge in [0.1, 0.15) is 6.04 Å². The third-order valence-corrected chi connectivity index (χ3v) is 2.63. The van der Waals surface area contributed by atoms with E-state index in [1.54, 1.807) is 12.3 Å². The smallest absolute Gasteiger partial charge is 0.250 e. The molecule has 1 aliphatic heterocycles. The zero-order valence-corrected chi connectivity index (χ0v) is 9.40. The van der Waals surface area contributed by atoms with Crippen LogP contribution in [-0.2, 0) is 16.1 Å². The van der Waals surface area contributed by atoms with Crippen LogP contribution in [0, 0.1) is 0 Å². The van der Waals surface area contributed by atoms with Crippen molar-refractivity contribution in [2.24, 2.45) is 0 Å². The Morgan fingerprint density at radius 2 is 2.18 bits per heavy atom.